The van der Waals surface area contributed by atoms with Gasteiger partial charge in [0.15, 0.2) is 0 Å². The fourth-order valence-corrected chi connectivity index (χ4v) is 2.69. The third-order valence-electron chi connectivity index (χ3n) is 3.63. The molecule has 0 fully saturated rings. The molecule has 1 aliphatic rings. The number of nitrogens with two attached hydrogens (primary N) is 1. The Morgan fingerprint density at radius 3 is 2.94 bits per heavy atom. The summed E-state index contributed by atoms with van der Waals surface area (Å²) >= 11 is 0. The van der Waals surface area contributed by atoms with Crippen LogP contribution in [0.15, 0.2) is 18.2 Å². The van der Waals surface area contributed by atoms with E-state index in [2.05, 4.69) is 11.8 Å². The number of anilines is 1. The molecule has 3 heteroatoms. The van der Waals surface area contributed by atoms with Crippen molar-refractivity contribution in [1.82, 2.24) is 0 Å². The number of hydrogen-bond donors (Lipinski definition) is 1. The quantitative estimate of drug-likeness (QED) is 0.849. The molecular formula is C13H19FN2. The van der Waals surface area contributed by atoms with Crippen LogP contribution in [0.3, 0.4) is 0 Å². The molecule has 1 aromatic carbocycles. The summed E-state index contributed by atoms with van der Waals surface area (Å²) in [7, 11) is 1.98. The molecule has 0 saturated heterocycles. The van der Waals surface area contributed by atoms with Crippen molar-refractivity contribution >= 4 is 5.69 Å². The van der Waals surface area contributed by atoms with E-state index in [1.165, 1.54) is 6.07 Å². The van der Waals surface area contributed by atoms with Gasteiger partial charge in [-0.05, 0) is 36.9 Å². The van der Waals surface area contributed by atoms with Gasteiger partial charge in [-0.3, -0.25) is 0 Å². The summed E-state index contributed by atoms with van der Waals surface area (Å²) < 4.78 is 13.7. The van der Waals surface area contributed by atoms with E-state index in [0.29, 0.717) is 18.5 Å². The molecule has 2 unspecified atom stereocenters. The van der Waals surface area contributed by atoms with Gasteiger partial charge < -0.3 is 10.6 Å². The second-order valence-electron chi connectivity index (χ2n) is 4.68. The van der Waals surface area contributed by atoms with Gasteiger partial charge in [-0.1, -0.05) is 19.1 Å². The summed E-state index contributed by atoms with van der Waals surface area (Å²) in [6, 6.07) is 5.73. The maximum Gasteiger partial charge on any atom is 0.146 e. The predicted octanol–water partition coefficient (Wildman–Crippen LogP) is 2.17. The molecule has 2 nitrogen and oxygen atoms in total. The summed E-state index contributed by atoms with van der Waals surface area (Å²) in [4.78, 5) is 2.07. The second-order valence-corrected chi connectivity index (χ2v) is 4.68. The SMILES string of the molecule is CC(CCN)C1Cc2cccc(F)c2N1C. The van der Waals surface area contributed by atoms with Crippen molar-refractivity contribution in [1.29, 1.82) is 0 Å². The maximum absolute atomic E-state index is 13.7. The predicted molar refractivity (Wildman–Crippen MR) is 65.1 cm³/mol. The van der Waals surface area contributed by atoms with Crippen LogP contribution in [0.2, 0.25) is 0 Å². The minimum atomic E-state index is -0.109. The molecule has 1 heterocycles. The summed E-state index contributed by atoms with van der Waals surface area (Å²) in [5, 5.41) is 0. The van der Waals surface area contributed by atoms with E-state index in [1.807, 2.05) is 13.1 Å². The highest BCUT2D eigenvalue weighted by atomic mass is 19.1. The van der Waals surface area contributed by atoms with E-state index in [4.69, 9.17) is 5.73 Å². The molecule has 2 atom stereocenters. The number of rotatable bonds is 3. The molecule has 0 spiro atoms. The molecule has 0 aromatic heterocycles. The zero-order chi connectivity index (χ0) is 11.7. The van der Waals surface area contributed by atoms with Crippen LogP contribution >= 0.6 is 0 Å². The van der Waals surface area contributed by atoms with Gasteiger partial charge in [-0.25, -0.2) is 4.39 Å². The van der Waals surface area contributed by atoms with Crippen molar-refractivity contribution in [2.24, 2.45) is 11.7 Å². The number of fused-ring (bicyclic) bond motifs is 1. The molecule has 2 N–H and O–H groups in total. The lowest BCUT2D eigenvalue weighted by Crippen LogP contribution is -2.35. The van der Waals surface area contributed by atoms with Gasteiger partial charge in [0, 0.05) is 13.1 Å². The Balaban J connectivity index is 2.24. The minimum Gasteiger partial charge on any atom is -0.368 e. The van der Waals surface area contributed by atoms with Crippen molar-refractivity contribution < 1.29 is 4.39 Å². The molecule has 1 aliphatic heterocycles. The lowest BCUT2D eigenvalue weighted by Gasteiger charge is -2.28. The summed E-state index contributed by atoms with van der Waals surface area (Å²) in [5.74, 6) is 0.393. The highest BCUT2D eigenvalue weighted by Gasteiger charge is 2.31. The number of hydrogen-bond acceptors (Lipinski definition) is 2. The highest BCUT2D eigenvalue weighted by Crippen LogP contribution is 2.36. The van der Waals surface area contributed by atoms with Gasteiger partial charge in [0.25, 0.3) is 0 Å². The van der Waals surface area contributed by atoms with E-state index in [1.54, 1.807) is 6.07 Å². The average molecular weight is 222 g/mol. The zero-order valence-electron chi connectivity index (χ0n) is 9.91. The molecule has 0 radical (unpaired) electrons. The molecule has 1 aromatic rings. The molecule has 2 rings (SSSR count). The van der Waals surface area contributed by atoms with E-state index in [-0.39, 0.29) is 5.82 Å². The molecule has 0 aliphatic carbocycles. The van der Waals surface area contributed by atoms with Gasteiger partial charge in [-0.15, -0.1) is 0 Å². The van der Waals surface area contributed by atoms with Crippen molar-refractivity contribution in [3.8, 4) is 0 Å². The third-order valence-corrected chi connectivity index (χ3v) is 3.63. The summed E-state index contributed by atoms with van der Waals surface area (Å²) in [6.45, 7) is 2.89. The minimum absolute atomic E-state index is 0.109. The smallest absolute Gasteiger partial charge is 0.146 e. The first-order valence-electron chi connectivity index (χ1n) is 5.85. The Hall–Kier alpha value is -1.09. The van der Waals surface area contributed by atoms with E-state index in [9.17, 15) is 4.39 Å². The van der Waals surface area contributed by atoms with Crippen LogP contribution in [0.5, 0.6) is 0 Å². The lowest BCUT2D eigenvalue weighted by atomic mass is 9.95. The first-order chi connectivity index (χ1) is 7.65. The van der Waals surface area contributed by atoms with Gasteiger partial charge >= 0.3 is 0 Å². The number of nitrogens with zero attached hydrogens (tertiary/aromatic N) is 1. The topological polar surface area (TPSA) is 29.3 Å². The van der Waals surface area contributed by atoms with Gasteiger partial charge in [0.1, 0.15) is 5.82 Å². The van der Waals surface area contributed by atoms with Gasteiger partial charge in [0.05, 0.1) is 5.69 Å². The molecule has 0 amide bonds. The fourth-order valence-electron chi connectivity index (χ4n) is 2.69. The van der Waals surface area contributed by atoms with Crippen LogP contribution < -0.4 is 10.6 Å². The first-order valence-corrected chi connectivity index (χ1v) is 5.85. The molecule has 0 bridgehead atoms. The maximum atomic E-state index is 13.7. The molecule has 0 saturated carbocycles. The highest BCUT2D eigenvalue weighted by molar-refractivity contribution is 5.59. The molecule has 88 valence electrons. The van der Waals surface area contributed by atoms with E-state index in [0.717, 1.165) is 24.1 Å². The Morgan fingerprint density at radius 1 is 1.56 bits per heavy atom. The van der Waals surface area contributed by atoms with Crippen molar-refractivity contribution in [3.63, 3.8) is 0 Å². The van der Waals surface area contributed by atoms with Gasteiger partial charge in [-0.2, -0.15) is 0 Å². The summed E-state index contributed by atoms with van der Waals surface area (Å²) in [5.41, 5.74) is 7.48. The van der Waals surface area contributed by atoms with Crippen LogP contribution in [-0.4, -0.2) is 19.6 Å². The van der Waals surface area contributed by atoms with Gasteiger partial charge in [0.2, 0.25) is 0 Å². The number of halogens is 1. The van der Waals surface area contributed by atoms with Crippen molar-refractivity contribution in [2.45, 2.75) is 25.8 Å². The van der Waals surface area contributed by atoms with Crippen LogP contribution in [0.25, 0.3) is 0 Å². The van der Waals surface area contributed by atoms with Crippen LogP contribution in [0, 0.1) is 11.7 Å². The normalized spacial score (nSPS) is 21.0. The van der Waals surface area contributed by atoms with Crippen LogP contribution in [-0.2, 0) is 6.42 Å². The Morgan fingerprint density at radius 2 is 2.31 bits per heavy atom. The monoisotopic (exact) mass is 222 g/mol. The molecule has 16 heavy (non-hydrogen) atoms. The Bertz CT molecular complexity index is 378. The van der Waals surface area contributed by atoms with Crippen molar-refractivity contribution in [3.05, 3.63) is 29.6 Å². The molecular weight excluding hydrogens is 203 g/mol. The van der Waals surface area contributed by atoms with Crippen molar-refractivity contribution in [2.75, 3.05) is 18.5 Å². The standard InChI is InChI=1S/C13H19FN2/c1-9(6-7-15)12-8-10-4-3-5-11(14)13(10)16(12)2/h3-5,9,12H,6-8,15H2,1-2H3. The van der Waals surface area contributed by atoms with Crippen LogP contribution in [0.1, 0.15) is 18.9 Å². The largest absolute Gasteiger partial charge is 0.368 e. The van der Waals surface area contributed by atoms with E-state index >= 15 is 0 Å². The Kier molecular flexibility index (Phi) is 3.15. The Labute approximate surface area is 96.2 Å². The second kappa shape index (κ2) is 4.42. The van der Waals surface area contributed by atoms with Crippen LogP contribution in [0.4, 0.5) is 10.1 Å². The third kappa shape index (κ3) is 1.80. The number of likely N-dealkylation sites (N-methyl/N-ethyl adjacent to an activating group) is 1. The average Bonchev–Trinajstić information content (AvgIpc) is 2.58. The summed E-state index contributed by atoms with van der Waals surface area (Å²) in [6.07, 6.45) is 1.93. The fraction of sp³-hybridized carbons (Fsp3) is 0.538. The zero-order valence-corrected chi connectivity index (χ0v) is 9.91. The number of para-hydroxylation sites is 1. The van der Waals surface area contributed by atoms with E-state index < -0.39 is 0 Å². The lowest BCUT2D eigenvalue weighted by molar-refractivity contribution is 0.428. The number of benzene rings is 1. The first kappa shape index (κ1) is 11.4.